The lowest BCUT2D eigenvalue weighted by Crippen LogP contribution is -2.53. The van der Waals surface area contributed by atoms with Crippen molar-refractivity contribution >= 4 is 34.9 Å². The van der Waals surface area contributed by atoms with Crippen molar-refractivity contribution in [3.05, 3.63) is 77.3 Å². The van der Waals surface area contributed by atoms with E-state index in [9.17, 15) is 18.4 Å². The van der Waals surface area contributed by atoms with Crippen molar-refractivity contribution in [1.29, 1.82) is 0 Å². The number of anilines is 2. The van der Waals surface area contributed by atoms with Gasteiger partial charge in [0.05, 0.1) is 12.7 Å². The van der Waals surface area contributed by atoms with Crippen LogP contribution in [0.15, 0.2) is 60.7 Å². The first-order valence-electron chi connectivity index (χ1n) is 10.6. The molecule has 3 aromatic carbocycles. The second-order valence-corrected chi connectivity index (χ2v) is 8.24. The molecule has 1 heterocycles. The number of methoxy groups -OCH3 is 1. The molecule has 3 amide bonds. The second-order valence-electron chi connectivity index (χ2n) is 7.80. The molecule has 1 aliphatic rings. The van der Waals surface area contributed by atoms with Crippen LogP contribution in [-0.2, 0) is 4.79 Å². The molecule has 0 radical (unpaired) electrons. The van der Waals surface area contributed by atoms with Gasteiger partial charge in [0.2, 0.25) is 5.91 Å². The van der Waals surface area contributed by atoms with Crippen molar-refractivity contribution in [3.63, 3.8) is 0 Å². The van der Waals surface area contributed by atoms with Gasteiger partial charge < -0.3 is 20.3 Å². The van der Waals surface area contributed by atoms with Gasteiger partial charge in [-0.15, -0.1) is 0 Å². The topological polar surface area (TPSA) is 70.7 Å². The summed E-state index contributed by atoms with van der Waals surface area (Å²) < 4.78 is 33.7. The number of carbonyl (C=O) groups excluding carboxylic acids is 2. The highest BCUT2D eigenvalue weighted by Gasteiger charge is 2.31. The number of halogens is 3. The quantitative estimate of drug-likeness (QED) is 0.493. The van der Waals surface area contributed by atoms with Gasteiger partial charge in [-0.05, 0) is 54.8 Å². The molecule has 0 unspecified atom stereocenters. The van der Waals surface area contributed by atoms with Gasteiger partial charge in [0.15, 0.2) is 0 Å². The van der Waals surface area contributed by atoms with E-state index in [1.54, 1.807) is 53.4 Å². The van der Waals surface area contributed by atoms with Crippen LogP contribution >= 0.6 is 11.6 Å². The van der Waals surface area contributed by atoms with Gasteiger partial charge in [-0.1, -0.05) is 23.7 Å². The predicted octanol–water partition coefficient (Wildman–Crippen LogP) is 5.61. The Kier molecular flexibility index (Phi) is 6.98. The van der Waals surface area contributed by atoms with E-state index in [0.717, 1.165) is 12.1 Å². The first kappa shape index (κ1) is 23.5. The normalized spacial score (nSPS) is 15.7. The monoisotopic (exact) mass is 485 g/mol. The zero-order chi connectivity index (χ0) is 24.2. The zero-order valence-electron chi connectivity index (χ0n) is 18.3. The van der Waals surface area contributed by atoms with Gasteiger partial charge in [-0.2, -0.15) is 0 Å². The molecule has 3 aromatic rings. The summed E-state index contributed by atoms with van der Waals surface area (Å²) in [6.07, 6.45) is 1.19. The standard InChI is InChI=1S/C25H22ClF2N3O3/c1-34-19-13-20(27)23(21(28)14-19)15-4-10-18(11-5-15)31-12-2-3-22(24(31)32)30-25(33)29-17-8-6-16(26)7-9-17/h4-11,13-14,22H,2-3,12H2,1H3,(H2,29,30,33)/t22-/m0/s1. The Hall–Kier alpha value is -3.65. The number of amides is 3. The van der Waals surface area contributed by atoms with Crippen LogP contribution in [-0.4, -0.2) is 31.6 Å². The highest BCUT2D eigenvalue weighted by Crippen LogP contribution is 2.31. The van der Waals surface area contributed by atoms with Crippen molar-refractivity contribution in [3.8, 4) is 16.9 Å². The van der Waals surface area contributed by atoms with Gasteiger partial charge in [-0.3, -0.25) is 4.79 Å². The largest absolute Gasteiger partial charge is 0.497 e. The highest BCUT2D eigenvalue weighted by atomic mass is 35.5. The number of urea groups is 1. The number of ether oxygens (including phenoxy) is 1. The van der Waals surface area contributed by atoms with Crippen LogP contribution in [0.5, 0.6) is 5.75 Å². The summed E-state index contributed by atoms with van der Waals surface area (Å²) in [5, 5.41) is 5.93. The number of nitrogens with zero attached hydrogens (tertiary/aromatic N) is 1. The lowest BCUT2D eigenvalue weighted by Gasteiger charge is -2.32. The van der Waals surface area contributed by atoms with Crippen molar-refractivity contribution < 1.29 is 23.1 Å². The summed E-state index contributed by atoms with van der Waals surface area (Å²) in [5.74, 6) is -1.65. The summed E-state index contributed by atoms with van der Waals surface area (Å²) in [7, 11) is 1.34. The first-order chi connectivity index (χ1) is 16.4. The molecule has 1 fully saturated rings. The molecule has 0 bridgehead atoms. The van der Waals surface area contributed by atoms with Gasteiger partial charge in [-0.25, -0.2) is 13.6 Å². The molecule has 0 aromatic heterocycles. The molecular weight excluding hydrogens is 464 g/mol. The number of carbonyl (C=O) groups is 2. The van der Waals surface area contributed by atoms with Crippen molar-refractivity contribution in [1.82, 2.24) is 5.32 Å². The Labute approximate surface area is 200 Å². The summed E-state index contributed by atoms with van der Waals surface area (Å²) >= 11 is 5.85. The number of benzene rings is 3. The van der Waals surface area contributed by atoms with Gasteiger partial charge in [0, 0.05) is 35.1 Å². The fraction of sp³-hybridized carbons (Fsp3) is 0.200. The van der Waals surface area contributed by atoms with Crippen molar-refractivity contribution in [2.45, 2.75) is 18.9 Å². The molecule has 1 atom stereocenters. The molecule has 1 aliphatic heterocycles. The number of hydrogen-bond acceptors (Lipinski definition) is 3. The fourth-order valence-corrected chi connectivity index (χ4v) is 4.00. The Morgan fingerprint density at radius 2 is 1.71 bits per heavy atom. The lowest BCUT2D eigenvalue weighted by atomic mass is 10.0. The molecule has 6 nitrogen and oxygen atoms in total. The van der Waals surface area contributed by atoms with E-state index in [2.05, 4.69) is 10.6 Å². The molecular formula is C25H22ClF2N3O3. The molecule has 34 heavy (non-hydrogen) atoms. The summed E-state index contributed by atoms with van der Waals surface area (Å²) in [6, 6.07) is 14.0. The number of nitrogens with one attached hydrogen (secondary N) is 2. The van der Waals surface area contributed by atoms with Crippen LogP contribution in [0.4, 0.5) is 25.0 Å². The van der Waals surface area contributed by atoms with Gasteiger partial charge in [0.1, 0.15) is 23.4 Å². The third-order valence-electron chi connectivity index (χ3n) is 5.57. The van der Waals surface area contributed by atoms with E-state index >= 15 is 0 Å². The highest BCUT2D eigenvalue weighted by molar-refractivity contribution is 6.30. The first-order valence-corrected chi connectivity index (χ1v) is 11.0. The fourth-order valence-electron chi connectivity index (χ4n) is 3.88. The summed E-state index contributed by atoms with van der Waals surface area (Å²) in [4.78, 5) is 26.9. The van der Waals surface area contributed by atoms with Crippen LogP contribution in [0.3, 0.4) is 0 Å². The maximum absolute atomic E-state index is 14.4. The Morgan fingerprint density at radius 1 is 1.06 bits per heavy atom. The molecule has 0 spiro atoms. The molecule has 176 valence electrons. The van der Waals surface area contributed by atoms with Gasteiger partial charge in [0.25, 0.3) is 0 Å². The number of rotatable bonds is 5. The molecule has 2 N–H and O–H groups in total. The number of piperidine rings is 1. The van der Waals surface area contributed by atoms with Crippen LogP contribution in [0, 0.1) is 11.6 Å². The van der Waals surface area contributed by atoms with Crippen molar-refractivity contribution in [2.75, 3.05) is 23.9 Å². The SMILES string of the molecule is COc1cc(F)c(-c2ccc(N3CCC[C@H](NC(=O)Nc4ccc(Cl)cc4)C3=O)cc2)c(F)c1. The molecule has 4 rings (SSSR count). The van der Waals surface area contributed by atoms with E-state index in [1.165, 1.54) is 7.11 Å². The van der Waals surface area contributed by atoms with Gasteiger partial charge >= 0.3 is 6.03 Å². The molecule has 1 saturated heterocycles. The average Bonchev–Trinajstić information content (AvgIpc) is 2.82. The maximum atomic E-state index is 14.4. The smallest absolute Gasteiger partial charge is 0.319 e. The average molecular weight is 486 g/mol. The Bertz CT molecular complexity index is 1180. The predicted molar refractivity (Wildman–Crippen MR) is 127 cm³/mol. The molecule has 0 aliphatic carbocycles. The van der Waals surface area contributed by atoms with Crippen molar-refractivity contribution in [2.24, 2.45) is 0 Å². The van der Waals surface area contributed by atoms with Crippen LogP contribution < -0.4 is 20.3 Å². The Balaban J connectivity index is 1.45. The third kappa shape index (κ3) is 5.12. The summed E-state index contributed by atoms with van der Waals surface area (Å²) in [6.45, 7) is 0.473. The van der Waals surface area contributed by atoms with E-state index in [4.69, 9.17) is 16.3 Å². The van der Waals surface area contributed by atoms with Crippen LogP contribution in [0.1, 0.15) is 12.8 Å². The zero-order valence-corrected chi connectivity index (χ0v) is 19.0. The van der Waals surface area contributed by atoms with Crippen LogP contribution in [0.25, 0.3) is 11.1 Å². The third-order valence-corrected chi connectivity index (χ3v) is 5.82. The van der Waals surface area contributed by atoms with E-state index in [-0.39, 0.29) is 17.2 Å². The minimum Gasteiger partial charge on any atom is -0.497 e. The minimum atomic E-state index is -0.741. The van der Waals surface area contributed by atoms with E-state index in [0.29, 0.717) is 41.3 Å². The second kappa shape index (κ2) is 10.1. The van der Waals surface area contributed by atoms with E-state index < -0.39 is 23.7 Å². The lowest BCUT2D eigenvalue weighted by molar-refractivity contribution is -0.121. The molecule has 0 saturated carbocycles. The number of hydrogen-bond donors (Lipinski definition) is 2. The Morgan fingerprint density at radius 3 is 2.32 bits per heavy atom. The minimum absolute atomic E-state index is 0.0907. The van der Waals surface area contributed by atoms with Crippen LogP contribution in [0.2, 0.25) is 5.02 Å². The maximum Gasteiger partial charge on any atom is 0.319 e. The van der Waals surface area contributed by atoms with E-state index in [1.807, 2.05) is 0 Å². The summed E-state index contributed by atoms with van der Waals surface area (Å²) in [5.41, 5.74) is 1.29. The molecule has 9 heteroatoms.